The summed E-state index contributed by atoms with van der Waals surface area (Å²) < 4.78 is 0. The van der Waals surface area contributed by atoms with Gasteiger partial charge in [0, 0.05) is 0 Å². The number of phenols is 1. The zero-order chi connectivity index (χ0) is 14.8. The van der Waals surface area contributed by atoms with E-state index in [0.29, 0.717) is 5.82 Å². The minimum absolute atomic E-state index is 0.0634. The number of H-pyrrole nitrogens is 1. The SMILES string of the molecule is CC(NC(=O)c1cc2ccccc2cc1O)c1nn[nH]n1. The van der Waals surface area contributed by atoms with Gasteiger partial charge in [0.15, 0.2) is 5.82 Å². The van der Waals surface area contributed by atoms with Crippen LogP contribution < -0.4 is 5.32 Å². The molecule has 2 aromatic carbocycles. The second-order valence-corrected chi connectivity index (χ2v) is 4.68. The maximum atomic E-state index is 12.3. The van der Waals surface area contributed by atoms with Crippen LogP contribution in [0.5, 0.6) is 5.75 Å². The molecular weight excluding hydrogens is 270 g/mol. The highest BCUT2D eigenvalue weighted by Crippen LogP contribution is 2.25. The summed E-state index contributed by atoms with van der Waals surface area (Å²) >= 11 is 0. The molecule has 0 aliphatic carbocycles. The predicted octanol–water partition coefficient (Wildman–Crippen LogP) is 1.55. The number of aromatic hydroxyl groups is 1. The van der Waals surface area contributed by atoms with Crippen LogP contribution in [0, 0.1) is 0 Å². The second-order valence-electron chi connectivity index (χ2n) is 4.68. The Labute approximate surface area is 120 Å². The van der Waals surface area contributed by atoms with Gasteiger partial charge in [-0.1, -0.05) is 29.5 Å². The predicted molar refractivity (Wildman–Crippen MR) is 75.7 cm³/mol. The number of hydrogen-bond donors (Lipinski definition) is 3. The first-order chi connectivity index (χ1) is 10.1. The third-order valence-electron chi connectivity index (χ3n) is 3.21. The summed E-state index contributed by atoms with van der Waals surface area (Å²) in [6.07, 6.45) is 0. The molecule has 7 heteroatoms. The van der Waals surface area contributed by atoms with Crippen LogP contribution in [-0.4, -0.2) is 31.6 Å². The number of nitrogens with one attached hydrogen (secondary N) is 2. The average Bonchev–Trinajstić information content (AvgIpc) is 3.00. The minimum atomic E-state index is -0.415. The molecule has 7 nitrogen and oxygen atoms in total. The number of benzene rings is 2. The van der Waals surface area contributed by atoms with Crippen molar-refractivity contribution < 1.29 is 9.90 Å². The van der Waals surface area contributed by atoms with Crippen molar-refractivity contribution in [3.63, 3.8) is 0 Å². The highest BCUT2D eigenvalue weighted by molar-refractivity contribution is 6.01. The first-order valence-electron chi connectivity index (χ1n) is 6.41. The molecule has 1 heterocycles. The van der Waals surface area contributed by atoms with E-state index in [0.717, 1.165) is 10.8 Å². The molecule has 1 unspecified atom stereocenters. The number of fused-ring (bicyclic) bond motifs is 1. The summed E-state index contributed by atoms with van der Waals surface area (Å²) in [6.45, 7) is 1.74. The molecule has 0 fully saturated rings. The molecule has 3 N–H and O–H groups in total. The third kappa shape index (κ3) is 2.53. The lowest BCUT2D eigenvalue weighted by molar-refractivity contribution is 0.0936. The van der Waals surface area contributed by atoms with Gasteiger partial charge in [0.05, 0.1) is 11.6 Å². The molecule has 0 aliphatic heterocycles. The Kier molecular flexibility index (Phi) is 3.23. The van der Waals surface area contributed by atoms with Crippen molar-refractivity contribution >= 4 is 16.7 Å². The van der Waals surface area contributed by atoms with Crippen LogP contribution in [-0.2, 0) is 0 Å². The fourth-order valence-corrected chi connectivity index (χ4v) is 2.10. The molecule has 1 atom stereocenters. The van der Waals surface area contributed by atoms with Crippen LogP contribution in [0.25, 0.3) is 10.8 Å². The van der Waals surface area contributed by atoms with Crippen molar-refractivity contribution in [1.82, 2.24) is 25.9 Å². The second kappa shape index (κ2) is 5.20. The highest BCUT2D eigenvalue weighted by Gasteiger charge is 2.17. The number of nitrogens with zero attached hydrogens (tertiary/aromatic N) is 3. The van der Waals surface area contributed by atoms with E-state index in [4.69, 9.17) is 0 Å². The summed E-state index contributed by atoms with van der Waals surface area (Å²) in [4.78, 5) is 12.3. The Morgan fingerprint density at radius 2 is 2.00 bits per heavy atom. The van der Waals surface area contributed by atoms with Crippen LogP contribution in [0.15, 0.2) is 36.4 Å². The summed E-state index contributed by atoms with van der Waals surface area (Å²) in [5.74, 6) is -0.0781. The van der Waals surface area contributed by atoms with Gasteiger partial charge in [0.2, 0.25) is 0 Å². The van der Waals surface area contributed by atoms with Crippen molar-refractivity contribution in [2.24, 2.45) is 0 Å². The smallest absolute Gasteiger partial charge is 0.255 e. The Morgan fingerprint density at radius 3 is 2.67 bits per heavy atom. The number of carbonyl (C=O) groups excluding carboxylic acids is 1. The number of hydrogen-bond acceptors (Lipinski definition) is 5. The van der Waals surface area contributed by atoms with Gasteiger partial charge < -0.3 is 10.4 Å². The van der Waals surface area contributed by atoms with E-state index < -0.39 is 11.9 Å². The lowest BCUT2D eigenvalue weighted by Crippen LogP contribution is -2.27. The first kappa shape index (κ1) is 13.0. The molecule has 0 spiro atoms. The zero-order valence-electron chi connectivity index (χ0n) is 11.2. The fraction of sp³-hybridized carbons (Fsp3) is 0.143. The highest BCUT2D eigenvalue weighted by atomic mass is 16.3. The number of aromatic nitrogens is 4. The Balaban J connectivity index is 1.89. The summed E-state index contributed by atoms with van der Waals surface area (Å²) in [6, 6.07) is 10.3. The number of tetrazole rings is 1. The standard InChI is InChI=1S/C14H13N5O2/c1-8(13-16-18-19-17-13)15-14(21)11-6-9-4-2-3-5-10(9)7-12(11)20/h2-8,20H,1H3,(H,15,21)(H,16,17,18,19). The summed E-state index contributed by atoms with van der Waals surface area (Å²) in [5.41, 5.74) is 0.212. The third-order valence-corrected chi connectivity index (χ3v) is 3.21. The number of amides is 1. The van der Waals surface area contributed by atoms with Crippen molar-refractivity contribution in [3.8, 4) is 5.75 Å². The van der Waals surface area contributed by atoms with E-state index in [9.17, 15) is 9.90 Å². The van der Waals surface area contributed by atoms with Gasteiger partial charge in [-0.2, -0.15) is 5.21 Å². The van der Waals surface area contributed by atoms with Crippen LogP contribution in [0.4, 0.5) is 0 Å². The van der Waals surface area contributed by atoms with Gasteiger partial charge in [-0.3, -0.25) is 4.79 Å². The molecule has 0 saturated heterocycles. The minimum Gasteiger partial charge on any atom is -0.507 e. The lowest BCUT2D eigenvalue weighted by Gasteiger charge is -2.11. The molecule has 3 aromatic rings. The largest absolute Gasteiger partial charge is 0.507 e. The number of carbonyl (C=O) groups is 1. The van der Waals surface area contributed by atoms with E-state index in [2.05, 4.69) is 25.9 Å². The van der Waals surface area contributed by atoms with Gasteiger partial charge in [0.25, 0.3) is 5.91 Å². The Hall–Kier alpha value is -2.96. The maximum absolute atomic E-state index is 12.3. The number of aromatic amines is 1. The number of phenolic OH excluding ortho intramolecular Hbond substituents is 1. The molecule has 0 bridgehead atoms. The molecule has 3 rings (SSSR count). The van der Waals surface area contributed by atoms with Crippen molar-refractivity contribution in [3.05, 3.63) is 47.8 Å². The molecule has 0 radical (unpaired) electrons. The van der Waals surface area contributed by atoms with Crippen LogP contribution >= 0.6 is 0 Å². The van der Waals surface area contributed by atoms with Gasteiger partial charge in [-0.25, -0.2) is 0 Å². The normalized spacial score (nSPS) is 12.2. The summed E-state index contributed by atoms with van der Waals surface area (Å²) in [5, 5.41) is 27.9. The lowest BCUT2D eigenvalue weighted by atomic mass is 10.1. The molecule has 0 saturated carbocycles. The molecular formula is C14H13N5O2. The van der Waals surface area contributed by atoms with E-state index in [-0.39, 0.29) is 11.3 Å². The molecule has 21 heavy (non-hydrogen) atoms. The zero-order valence-corrected chi connectivity index (χ0v) is 11.2. The van der Waals surface area contributed by atoms with E-state index in [1.165, 1.54) is 0 Å². The molecule has 0 aliphatic rings. The monoisotopic (exact) mass is 283 g/mol. The van der Waals surface area contributed by atoms with Crippen LogP contribution in [0.2, 0.25) is 0 Å². The van der Waals surface area contributed by atoms with Crippen molar-refractivity contribution in [2.75, 3.05) is 0 Å². The Bertz CT molecular complexity index is 785. The summed E-state index contributed by atoms with van der Waals surface area (Å²) in [7, 11) is 0. The first-order valence-corrected chi connectivity index (χ1v) is 6.41. The average molecular weight is 283 g/mol. The molecule has 106 valence electrons. The fourth-order valence-electron chi connectivity index (χ4n) is 2.10. The molecule has 1 aromatic heterocycles. The van der Waals surface area contributed by atoms with Gasteiger partial charge in [-0.15, -0.1) is 10.2 Å². The molecule has 1 amide bonds. The van der Waals surface area contributed by atoms with E-state index in [1.54, 1.807) is 19.1 Å². The van der Waals surface area contributed by atoms with Gasteiger partial charge in [-0.05, 0) is 29.8 Å². The topological polar surface area (TPSA) is 104 Å². The van der Waals surface area contributed by atoms with E-state index >= 15 is 0 Å². The van der Waals surface area contributed by atoms with Gasteiger partial charge in [0.1, 0.15) is 5.75 Å². The van der Waals surface area contributed by atoms with Gasteiger partial charge >= 0.3 is 0 Å². The quantitative estimate of drug-likeness (QED) is 0.676. The Morgan fingerprint density at radius 1 is 1.29 bits per heavy atom. The number of rotatable bonds is 3. The maximum Gasteiger partial charge on any atom is 0.255 e. The van der Waals surface area contributed by atoms with Crippen LogP contribution in [0.1, 0.15) is 29.1 Å². The van der Waals surface area contributed by atoms with Crippen LogP contribution in [0.3, 0.4) is 0 Å². The van der Waals surface area contributed by atoms with Crippen molar-refractivity contribution in [1.29, 1.82) is 0 Å². The van der Waals surface area contributed by atoms with Crippen molar-refractivity contribution in [2.45, 2.75) is 13.0 Å². The van der Waals surface area contributed by atoms with E-state index in [1.807, 2.05) is 24.3 Å².